The molecule has 4 heteroatoms. The first kappa shape index (κ1) is 16.4. The average molecular weight is 294 g/mol. The normalized spacial score (nSPS) is 29.5. The molecule has 0 radical (unpaired) electrons. The van der Waals surface area contributed by atoms with Crippen molar-refractivity contribution < 1.29 is 18.9 Å². The van der Waals surface area contributed by atoms with Crippen LogP contribution in [0, 0.1) is 5.92 Å². The molecule has 0 spiro atoms. The van der Waals surface area contributed by atoms with E-state index in [-0.39, 0.29) is 18.3 Å². The summed E-state index contributed by atoms with van der Waals surface area (Å²) in [4.78, 5) is 0. The molecule has 1 heterocycles. The van der Waals surface area contributed by atoms with E-state index in [9.17, 15) is 0 Å². The molecule has 1 fully saturated rings. The number of hydrogen-bond acceptors (Lipinski definition) is 4. The maximum Gasteiger partial charge on any atom is 0.146 e. The van der Waals surface area contributed by atoms with Gasteiger partial charge in [-0.15, -0.1) is 0 Å². The van der Waals surface area contributed by atoms with Crippen LogP contribution in [0.4, 0.5) is 0 Å². The Labute approximate surface area is 127 Å². The second kappa shape index (κ2) is 8.49. The summed E-state index contributed by atoms with van der Waals surface area (Å²) < 4.78 is 22.5. The lowest BCUT2D eigenvalue weighted by molar-refractivity contribution is -0.183. The Hall–Kier alpha value is -0.940. The van der Waals surface area contributed by atoms with Crippen LogP contribution in [-0.2, 0) is 25.6 Å². The van der Waals surface area contributed by atoms with Gasteiger partial charge >= 0.3 is 0 Å². The monoisotopic (exact) mass is 294 g/mol. The summed E-state index contributed by atoms with van der Waals surface area (Å²) in [7, 11) is 1.65. The minimum absolute atomic E-state index is 0.0850. The molecule has 0 unspecified atom stereocenters. The Morgan fingerprint density at radius 2 is 1.95 bits per heavy atom. The minimum atomic E-state index is 0.0850. The fourth-order valence-electron chi connectivity index (χ4n) is 2.62. The summed E-state index contributed by atoms with van der Waals surface area (Å²) in [5.41, 5.74) is 1.18. The van der Waals surface area contributed by atoms with E-state index < -0.39 is 0 Å². The summed E-state index contributed by atoms with van der Waals surface area (Å²) in [5.74, 6) is 0.366. The maximum atomic E-state index is 6.00. The molecule has 118 valence electrons. The SMILES string of the molecule is COCO[C@@H]1C[C@H](COCc2ccccc2)O[C@H](C)[C@H]1C. The molecule has 0 aromatic heterocycles. The molecular formula is C17H26O4. The van der Waals surface area contributed by atoms with Gasteiger partial charge in [-0.05, 0) is 12.5 Å². The Kier molecular flexibility index (Phi) is 6.64. The first-order chi connectivity index (χ1) is 10.2. The molecule has 0 bridgehead atoms. The quantitative estimate of drug-likeness (QED) is 0.724. The molecule has 0 saturated carbocycles. The predicted octanol–water partition coefficient (Wildman–Crippen LogP) is 3.01. The van der Waals surface area contributed by atoms with Gasteiger partial charge in [0.15, 0.2) is 0 Å². The lowest BCUT2D eigenvalue weighted by atomic mass is 9.91. The second-order valence-electron chi connectivity index (χ2n) is 5.67. The van der Waals surface area contributed by atoms with E-state index in [0.717, 1.165) is 6.42 Å². The van der Waals surface area contributed by atoms with Crippen molar-refractivity contribution in [3.63, 3.8) is 0 Å². The van der Waals surface area contributed by atoms with Crippen molar-refractivity contribution in [3.8, 4) is 0 Å². The molecule has 4 nitrogen and oxygen atoms in total. The van der Waals surface area contributed by atoms with Crippen LogP contribution in [0.15, 0.2) is 30.3 Å². The highest BCUT2D eigenvalue weighted by molar-refractivity contribution is 5.13. The van der Waals surface area contributed by atoms with Crippen LogP contribution in [0.1, 0.15) is 25.8 Å². The molecule has 0 amide bonds. The van der Waals surface area contributed by atoms with E-state index in [2.05, 4.69) is 26.0 Å². The standard InChI is InChI=1S/C17H26O4/c1-13-14(2)21-16(9-17(13)20-12-18-3)11-19-10-15-7-5-4-6-8-15/h4-8,13-14,16-17H,9-12H2,1-3H3/t13-,14-,16-,17-/m1/s1. The first-order valence-electron chi connectivity index (χ1n) is 7.58. The van der Waals surface area contributed by atoms with Crippen molar-refractivity contribution in [1.29, 1.82) is 0 Å². The molecule has 4 atom stereocenters. The molecular weight excluding hydrogens is 268 g/mol. The molecule has 0 N–H and O–H groups in total. The van der Waals surface area contributed by atoms with Gasteiger partial charge in [-0.2, -0.15) is 0 Å². The van der Waals surface area contributed by atoms with E-state index in [4.69, 9.17) is 18.9 Å². The summed E-state index contributed by atoms with van der Waals surface area (Å²) in [5, 5.41) is 0. The third-order valence-corrected chi connectivity index (χ3v) is 4.04. The van der Waals surface area contributed by atoms with Gasteiger partial charge in [-0.25, -0.2) is 0 Å². The number of hydrogen-bond donors (Lipinski definition) is 0. The molecule has 1 aromatic carbocycles. The zero-order valence-electron chi connectivity index (χ0n) is 13.2. The number of benzene rings is 1. The minimum Gasteiger partial charge on any atom is -0.374 e. The highest BCUT2D eigenvalue weighted by Gasteiger charge is 2.34. The zero-order valence-corrected chi connectivity index (χ0v) is 13.2. The number of methoxy groups -OCH3 is 1. The van der Waals surface area contributed by atoms with Crippen molar-refractivity contribution in [2.45, 2.75) is 45.2 Å². The molecule has 1 aromatic rings. The topological polar surface area (TPSA) is 36.9 Å². The zero-order chi connectivity index (χ0) is 15.1. The third kappa shape index (κ3) is 5.08. The average Bonchev–Trinajstić information content (AvgIpc) is 2.50. The Balaban J connectivity index is 1.77. The molecule has 1 saturated heterocycles. The second-order valence-corrected chi connectivity index (χ2v) is 5.67. The van der Waals surface area contributed by atoms with Crippen molar-refractivity contribution in [3.05, 3.63) is 35.9 Å². The van der Waals surface area contributed by atoms with E-state index in [1.807, 2.05) is 18.2 Å². The summed E-state index contributed by atoms with van der Waals surface area (Å²) in [6.07, 6.45) is 1.27. The van der Waals surface area contributed by atoms with E-state index >= 15 is 0 Å². The van der Waals surface area contributed by atoms with Crippen LogP contribution in [-0.4, -0.2) is 38.8 Å². The number of rotatable bonds is 7. The van der Waals surface area contributed by atoms with Gasteiger partial charge in [-0.3, -0.25) is 0 Å². The van der Waals surface area contributed by atoms with E-state index in [0.29, 0.717) is 25.9 Å². The van der Waals surface area contributed by atoms with Crippen LogP contribution in [0.25, 0.3) is 0 Å². The highest BCUT2D eigenvalue weighted by Crippen LogP contribution is 2.27. The van der Waals surface area contributed by atoms with Crippen molar-refractivity contribution in [1.82, 2.24) is 0 Å². The van der Waals surface area contributed by atoms with E-state index in [1.165, 1.54) is 5.56 Å². The van der Waals surface area contributed by atoms with Crippen molar-refractivity contribution in [2.75, 3.05) is 20.5 Å². The Morgan fingerprint density at radius 1 is 1.19 bits per heavy atom. The van der Waals surface area contributed by atoms with Gasteiger partial charge in [-0.1, -0.05) is 37.3 Å². The Morgan fingerprint density at radius 3 is 2.67 bits per heavy atom. The lowest BCUT2D eigenvalue weighted by Crippen LogP contribution is -2.44. The van der Waals surface area contributed by atoms with Gasteiger partial charge in [0, 0.05) is 19.4 Å². The largest absolute Gasteiger partial charge is 0.374 e. The molecule has 0 aliphatic carbocycles. The van der Waals surface area contributed by atoms with Gasteiger partial charge in [0.25, 0.3) is 0 Å². The molecule has 1 aliphatic heterocycles. The van der Waals surface area contributed by atoms with Gasteiger partial charge < -0.3 is 18.9 Å². The lowest BCUT2D eigenvalue weighted by Gasteiger charge is -2.38. The first-order valence-corrected chi connectivity index (χ1v) is 7.58. The van der Waals surface area contributed by atoms with Crippen molar-refractivity contribution in [2.24, 2.45) is 5.92 Å². The van der Waals surface area contributed by atoms with Crippen LogP contribution in [0.5, 0.6) is 0 Å². The van der Waals surface area contributed by atoms with E-state index in [1.54, 1.807) is 7.11 Å². The fraction of sp³-hybridized carbons (Fsp3) is 0.647. The smallest absolute Gasteiger partial charge is 0.146 e. The molecule has 21 heavy (non-hydrogen) atoms. The maximum absolute atomic E-state index is 6.00. The Bertz CT molecular complexity index is 395. The predicted molar refractivity (Wildman–Crippen MR) is 81.0 cm³/mol. The van der Waals surface area contributed by atoms with Crippen molar-refractivity contribution >= 4 is 0 Å². The van der Waals surface area contributed by atoms with Gasteiger partial charge in [0.2, 0.25) is 0 Å². The fourth-order valence-corrected chi connectivity index (χ4v) is 2.62. The summed E-state index contributed by atoms with van der Waals surface area (Å²) in [6.45, 7) is 5.80. The van der Waals surface area contributed by atoms with Gasteiger partial charge in [0.05, 0.1) is 31.5 Å². The number of ether oxygens (including phenoxy) is 4. The third-order valence-electron chi connectivity index (χ3n) is 4.04. The molecule has 2 rings (SSSR count). The summed E-state index contributed by atoms with van der Waals surface area (Å²) >= 11 is 0. The highest BCUT2D eigenvalue weighted by atomic mass is 16.7. The molecule has 1 aliphatic rings. The van der Waals surface area contributed by atoms with Crippen LogP contribution in [0.3, 0.4) is 0 Å². The van der Waals surface area contributed by atoms with Crippen LogP contribution in [0.2, 0.25) is 0 Å². The van der Waals surface area contributed by atoms with Crippen LogP contribution >= 0.6 is 0 Å². The van der Waals surface area contributed by atoms with Gasteiger partial charge in [0.1, 0.15) is 6.79 Å². The summed E-state index contributed by atoms with van der Waals surface area (Å²) in [6, 6.07) is 10.2. The van der Waals surface area contributed by atoms with Crippen LogP contribution < -0.4 is 0 Å².